The third-order valence-electron chi connectivity index (χ3n) is 13.6. The molecule has 0 radical (unpaired) electrons. The number of aliphatic hydroxyl groups excluding tert-OH is 1. The summed E-state index contributed by atoms with van der Waals surface area (Å²) in [6, 6.07) is 22.6. The van der Waals surface area contributed by atoms with Gasteiger partial charge in [-0.05, 0) is 129 Å². The molecule has 2 aliphatic rings. The molecule has 4 aromatic carbocycles. The van der Waals surface area contributed by atoms with Crippen LogP contribution in [-0.4, -0.2) is 78.6 Å². The van der Waals surface area contributed by atoms with Crippen molar-refractivity contribution >= 4 is 54.8 Å². The first-order valence-corrected chi connectivity index (χ1v) is 24.3. The number of primary amides is 1. The van der Waals surface area contributed by atoms with Gasteiger partial charge in [-0.1, -0.05) is 43.9 Å². The van der Waals surface area contributed by atoms with Crippen molar-refractivity contribution in [1.82, 2.24) is 20.2 Å². The van der Waals surface area contributed by atoms with Crippen LogP contribution in [0, 0.1) is 24.7 Å². The third kappa shape index (κ3) is 10.1. The van der Waals surface area contributed by atoms with Crippen LogP contribution in [0.25, 0.3) is 21.8 Å². The minimum Gasteiger partial charge on any atom is -0.506 e. The number of anilines is 2. The van der Waals surface area contributed by atoms with Crippen molar-refractivity contribution in [2.24, 2.45) is 23.5 Å². The van der Waals surface area contributed by atoms with Gasteiger partial charge in [-0.15, -0.1) is 0 Å². The smallest absolute Gasteiger partial charge is 0.253 e. The van der Waals surface area contributed by atoms with E-state index >= 15 is 0 Å². The first kappa shape index (κ1) is 46.2. The Morgan fingerprint density at radius 2 is 1.67 bits per heavy atom. The van der Waals surface area contributed by atoms with Crippen molar-refractivity contribution in [2.45, 2.75) is 80.6 Å². The number of carbonyl (C=O) groups is 2. The standard InChI is InChI=1S/C51H58N6O8S/c1-31-25-39(28-42-47(31)54-29-43(50(52)61)48(42)55-36-9-6-10-37(27-36)65-2)66(63,64)38-11-5-8-35(26-38)51(62)57-23-20-34(21-24-57)33-14-12-32(13-15-33)7-3-4-22-53-30-45(59)40-16-18-44(58)49-41(40)17-19-46(60)56-49/h5-6,8-11,16-19,25-29,32-34,45,53,58-59H,3-4,7,12-15,20-24,30H2,1-2H3,(H2,52,61)(H,54,55)(H,56,60)/t32?,33?,45-/m0/s1. The second-order valence-electron chi connectivity index (χ2n) is 17.8. The number of fused-ring (bicyclic) bond motifs is 2. The zero-order chi connectivity index (χ0) is 46.5. The highest BCUT2D eigenvalue weighted by molar-refractivity contribution is 7.91. The van der Waals surface area contributed by atoms with Gasteiger partial charge < -0.3 is 41.2 Å². The summed E-state index contributed by atoms with van der Waals surface area (Å²) in [5.41, 5.74) is 8.88. The van der Waals surface area contributed by atoms with Crippen molar-refractivity contribution in [2.75, 3.05) is 38.6 Å². The monoisotopic (exact) mass is 914 g/mol. The lowest BCUT2D eigenvalue weighted by atomic mass is 9.72. The highest BCUT2D eigenvalue weighted by Crippen LogP contribution is 2.40. The number of methoxy groups -OCH3 is 1. The highest BCUT2D eigenvalue weighted by Gasteiger charge is 2.32. The lowest BCUT2D eigenvalue weighted by molar-refractivity contribution is 0.0624. The molecule has 2 fully saturated rings. The van der Waals surface area contributed by atoms with Gasteiger partial charge in [0, 0.05) is 60.0 Å². The SMILES string of the molecule is COc1cccc(Nc2c(C(N)=O)cnc3c(C)cc(S(=O)(=O)c4cccc(C(=O)N5CCC(C6CCC(CCCCNC[C@H](O)c7ccc(O)c8[nH]c(=O)ccc78)CC6)CC5)c4)cc23)c1. The number of aliphatic hydroxyl groups is 1. The molecule has 2 amide bonds. The number of nitrogens with two attached hydrogens (primary N) is 1. The Kier molecular flexibility index (Phi) is 14.1. The fraction of sp³-hybridized carbons (Fsp3) is 0.373. The summed E-state index contributed by atoms with van der Waals surface area (Å²) in [6.07, 6.45) is 10.6. The summed E-state index contributed by atoms with van der Waals surface area (Å²) in [5.74, 6) is 1.58. The maximum Gasteiger partial charge on any atom is 0.253 e. The molecule has 7 N–H and O–H groups in total. The first-order chi connectivity index (χ1) is 31.8. The van der Waals surface area contributed by atoms with E-state index in [0.717, 1.165) is 32.2 Å². The van der Waals surface area contributed by atoms with Crippen molar-refractivity contribution in [3.63, 3.8) is 0 Å². The number of sulfone groups is 1. The van der Waals surface area contributed by atoms with Crippen LogP contribution in [0.15, 0.2) is 106 Å². The normalized spacial score (nSPS) is 17.5. The van der Waals surface area contributed by atoms with Gasteiger partial charge in [0.25, 0.3) is 11.8 Å². The van der Waals surface area contributed by atoms with E-state index in [-0.39, 0.29) is 32.6 Å². The Morgan fingerprint density at radius 3 is 2.42 bits per heavy atom. The van der Waals surface area contributed by atoms with Crippen LogP contribution in [0.2, 0.25) is 0 Å². The van der Waals surface area contributed by atoms with E-state index in [1.165, 1.54) is 68.6 Å². The number of pyridine rings is 2. The number of benzene rings is 4. The molecule has 1 saturated heterocycles. The molecule has 0 unspecified atom stereocenters. The lowest BCUT2D eigenvalue weighted by Crippen LogP contribution is -2.40. The molecule has 1 aliphatic heterocycles. The van der Waals surface area contributed by atoms with E-state index < -0.39 is 21.8 Å². The van der Waals surface area contributed by atoms with Crippen molar-refractivity contribution < 1.29 is 33.0 Å². The zero-order valence-corrected chi connectivity index (χ0v) is 38.2. The maximum atomic E-state index is 14.3. The summed E-state index contributed by atoms with van der Waals surface area (Å²) >= 11 is 0. The molecule has 3 heterocycles. The Bertz CT molecular complexity index is 2920. The molecular formula is C51H58N6O8S. The number of aromatic nitrogens is 2. The van der Waals surface area contributed by atoms with Crippen LogP contribution in [-0.2, 0) is 9.84 Å². The number of nitrogens with one attached hydrogen (secondary N) is 3. The lowest BCUT2D eigenvalue weighted by Gasteiger charge is -2.39. The summed E-state index contributed by atoms with van der Waals surface area (Å²) < 4.78 is 34.0. The Hall–Kier alpha value is -6.29. The highest BCUT2D eigenvalue weighted by atomic mass is 32.2. The van der Waals surface area contributed by atoms with Crippen molar-refractivity contribution in [3.05, 3.63) is 124 Å². The van der Waals surface area contributed by atoms with E-state index in [2.05, 4.69) is 20.6 Å². The second-order valence-corrected chi connectivity index (χ2v) is 19.8. The van der Waals surface area contributed by atoms with Crippen molar-refractivity contribution in [1.29, 1.82) is 0 Å². The number of carbonyl (C=O) groups excluding carboxylic acids is 2. The number of phenols is 1. The van der Waals surface area contributed by atoms with Gasteiger partial charge in [-0.25, -0.2) is 8.42 Å². The number of rotatable bonds is 16. The molecule has 6 aromatic rings. The van der Waals surface area contributed by atoms with Crippen LogP contribution in [0.3, 0.4) is 0 Å². The Labute approximate surface area is 384 Å². The Balaban J connectivity index is 0.822. The molecule has 346 valence electrons. The molecule has 1 saturated carbocycles. The number of likely N-dealkylation sites (tertiary alicyclic amines) is 1. The molecule has 66 heavy (non-hydrogen) atoms. The number of amides is 2. The predicted molar refractivity (Wildman–Crippen MR) is 255 cm³/mol. The molecule has 14 nitrogen and oxygen atoms in total. The molecule has 1 atom stereocenters. The number of aromatic amines is 1. The molecular weight excluding hydrogens is 857 g/mol. The molecule has 8 rings (SSSR count). The molecule has 0 spiro atoms. The second kappa shape index (κ2) is 20.1. The summed E-state index contributed by atoms with van der Waals surface area (Å²) in [5, 5.41) is 28.6. The van der Waals surface area contributed by atoms with E-state index in [9.17, 15) is 33.0 Å². The van der Waals surface area contributed by atoms with Gasteiger partial charge in [-0.3, -0.25) is 19.4 Å². The van der Waals surface area contributed by atoms with Gasteiger partial charge in [0.1, 0.15) is 11.5 Å². The number of aromatic hydroxyl groups is 1. The number of piperidine rings is 1. The number of H-pyrrole nitrogens is 1. The minimum atomic E-state index is -4.12. The van der Waals surface area contributed by atoms with Crippen LogP contribution < -0.4 is 26.7 Å². The summed E-state index contributed by atoms with van der Waals surface area (Å²) in [6.45, 7) is 4.20. The van der Waals surface area contributed by atoms with Crippen molar-refractivity contribution in [3.8, 4) is 11.5 Å². The molecule has 2 aromatic heterocycles. The maximum absolute atomic E-state index is 14.3. The fourth-order valence-electron chi connectivity index (χ4n) is 9.99. The third-order valence-corrected chi connectivity index (χ3v) is 15.4. The number of phenolic OH excluding ortho intramolecular Hbond substituents is 1. The van der Waals surface area contributed by atoms with Gasteiger partial charge in [0.15, 0.2) is 0 Å². The predicted octanol–water partition coefficient (Wildman–Crippen LogP) is 7.93. The van der Waals surface area contributed by atoms with E-state index in [0.29, 0.717) is 93.0 Å². The van der Waals surface area contributed by atoms with Crippen LogP contribution in [0.4, 0.5) is 11.4 Å². The first-order valence-electron chi connectivity index (χ1n) is 22.8. The number of ether oxygens (including phenoxy) is 1. The van der Waals surface area contributed by atoms with Crippen LogP contribution in [0.1, 0.15) is 95.7 Å². The average Bonchev–Trinajstić information content (AvgIpc) is 3.33. The minimum absolute atomic E-state index is 0.00330. The van der Waals surface area contributed by atoms with Gasteiger partial charge in [-0.2, -0.15) is 0 Å². The number of unbranched alkanes of at least 4 members (excludes halogenated alkanes) is 1. The van der Waals surface area contributed by atoms with E-state index in [4.69, 9.17) is 10.5 Å². The zero-order valence-electron chi connectivity index (χ0n) is 37.4. The molecule has 15 heteroatoms. The number of hydrogen-bond acceptors (Lipinski definition) is 11. The van der Waals surface area contributed by atoms with E-state index in [1.54, 1.807) is 68.6 Å². The quantitative estimate of drug-likeness (QED) is 0.0513. The topological polar surface area (TPSA) is 217 Å². The largest absolute Gasteiger partial charge is 0.506 e. The van der Waals surface area contributed by atoms with Crippen LogP contribution in [0.5, 0.6) is 11.5 Å². The molecule has 1 aliphatic carbocycles. The average molecular weight is 915 g/mol. The Morgan fingerprint density at radius 1 is 0.909 bits per heavy atom. The summed E-state index contributed by atoms with van der Waals surface area (Å²) in [4.78, 5) is 47.2. The molecule has 0 bridgehead atoms. The van der Waals surface area contributed by atoms with Crippen LogP contribution >= 0.6 is 0 Å². The fourth-order valence-corrected chi connectivity index (χ4v) is 11.4. The number of nitrogens with zero attached hydrogens (tertiary/aromatic N) is 2. The summed E-state index contributed by atoms with van der Waals surface area (Å²) in [7, 11) is -2.57. The number of hydrogen-bond donors (Lipinski definition) is 6. The van der Waals surface area contributed by atoms with Gasteiger partial charge >= 0.3 is 0 Å². The number of aryl methyl sites for hydroxylation is 1. The van der Waals surface area contributed by atoms with Gasteiger partial charge in [0.05, 0.1) is 45.3 Å². The van der Waals surface area contributed by atoms with E-state index in [1.807, 2.05) is 4.90 Å². The van der Waals surface area contributed by atoms with Gasteiger partial charge in [0.2, 0.25) is 15.4 Å².